The van der Waals surface area contributed by atoms with Gasteiger partial charge >= 0.3 is 0 Å². The molecule has 1 aromatic carbocycles. The molecule has 0 unspecified atom stereocenters. The van der Waals surface area contributed by atoms with E-state index < -0.39 is 10.0 Å². The third-order valence-corrected chi connectivity index (χ3v) is 5.69. The minimum atomic E-state index is -3.60. The fourth-order valence-corrected chi connectivity index (χ4v) is 3.44. The van der Waals surface area contributed by atoms with Gasteiger partial charge in [0.05, 0.1) is 14.2 Å². The average Bonchev–Trinajstić information content (AvgIpc) is 3.07. The highest BCUT2D eigenvalue weighted by atomic mass is 32.2. The first-order valence-electron chi connectivity index (χ1n) is 8.29. The maximum absolute atomic E-state index is 12.7. The van der Waals surface area contributed by atoms with Crippen LogP contribution in [0.1, 0.15) is 16.1 Å². The van der Waals surface area contributed by atoms with E-state index in [1.54, 1.807) is 33.2 Å². The third-order valence-electron chi connectivity index (χ3n) is 4.31. The van der Waals surface area contributed by atoms with Crippen LogP contribution < -0.4 is 14.2 Å². The molecule has 0 aliphatic heterocycles. The van der Waals surface area contributed by atoms with Crippen molar-refractivity contribution in [2.45, 2.75) is 11.3 Å². The molecule has 0 spiro atoms. The van der Waals surface area contributed by atoms with E-state index in [2.05, 4.69) is 4.72 Å². The Morgan fingerprint density at radius 1 is 1.19 bits per heavy atom. The molecular formula is C18H25N3O5S. The van der Waals surface area contributed by atoms with Crippen LogP contribution in [0.5, 0.6) is 11.5 Å². The molecule has 0 saturated carbocycles. The second-order valence-corrected chi connectivity index (χ2v) is 7.93. The molecule has 8 nitrogen and oxygen atoms in total. The van der Waals surface area contributed by atoms with Gasteiger partial charge in [-0.2, -0.15) is 0 Å². The van der Waals surface area contributed by atoms with Crippen molar-refractivity contribution < 1.29 is 22.7 Å². The Balaban J connectivity index is 2.10. The number of ether oxygens (including phenoxy) is 2. The van der Waals surface area contributed by atoms with Crippen molar-refractivity contribution >= 4 is 15.9 Å². The summed E-state index contributed by atoms with van der Waals surface area (Å²) in [7, 11) is 4.21. The Labute approximate surface area is 159 Å². The van der Waals surface area contributed by atoms with Gasteiger partial charge in [0.25, 0.3) is 5.91 Å². The Kier molecular flexibility index (Phi) is 6.50. The fraction of sp³-hybridized carbons (Fsp3) is 0.389. The van der Waals surface area contributed by atoms with Crippen LogP contribution in [0.25, 0.3) is 0 Å². The van der Waals surface area contributed by atoms with Crippen LogP contribution in [0.15, 0.2) is 35.4 Å². The standard InChI is InChI=1S/C18H25N3O5S/c1-19-27(23,24)14-11-15(21(3)12-14)18(22)20(2)9-8-13-6-7-16(25-4)17(10-13)26-5/h6-7,10-12,19H,8-9H2,1-5H3. The topological polar surface area (TPSA) is 89.9 Å². The number of nitrogens with one attached hydrogen (secondary N) is 1. The second-order valence-electron chi connectivity index (χ2n) is 6.05. The zero-order valence-corrected chi connectivity index (χ0v) is 17.0. The van der Waals surface area contributed by atoms with Crippen LogP contribution >= 0.6 is 0 Å². The van der Waals surface area contributed by atoms with Crippen LogP contribution in [-0.4, -0.2) is 58.7 Å². The Morgan fingerprint density at radius 2 is 1.85 bits per heavy atom. The van der Waals surface area contributed by atoms with Gasteiger partial charge in [0.15, 0.2) is 11.5 Å². The van der Waals surface area contributed by atoms with Crippen LogP contribution in [0.3, 0.4) is 0 Å². The van der Waals surface area contributed by atoms with Gasteiger partial charge in [-0.15, -0.1) is 0 Å². The molecule has 0 atom stereocenters. The molecule has 0 saturated heterocycles. The van der Waals surface area contributed by atoms with E-state index in [1.165, 1.54) is 23.9 Å². The van der Waals surface area contributed by atoms with Gasteiger partial charge in [-0.1, -0.05) is 6.07 Å². The van der Waals surface area contributed by atoms with Crippen molar-refractivity contribution in [1.29, 1.82) is 0 Å². The molecule has 1 amide bonds. The molecule has 1 N–H and O–H groups in total. The highest BCUT2D eigenvalue weighted by molar-refractivity contribution is 7.89. The fourth-order valence-electron chi connectivity index (χ4n) is 2.64. The molecule has 0 aliphatic rings. The van der Waals surface area contributed by atoms with Gasteiger partial charge in [0.1, 0.15) is 10.6 Å². The molecule has 0 bridgehead atoms. The molecule has 1 heterocycles. The molecule has 0 radical (unpaired) electrons. The summed E-state index contributed by atoms with van der Waals surface area (Å²) in [6, 6.07) is 6.99. The van der Waals surface area contributed by atoms with E-state index in [1.807, 2.05) is 18.2 Å². The lowest BCUT2D eigenvalue weighted by atomic mass is 10.1. The summed E-state index contributed by atoms with van der Waals surface area (Å²) >= 11 is 0. The molecule has 9 heteroatoms. The first-order chi connectivity index (χ1) is 12.7. The number of hydrogen-bond acceptors (Lipinski definition) is 5. The normalized spacial score (nSPS) is 11.3. The highest BCUT2D eigenvalue weighted by Crippen LogP contribution is 2.27. The number of sulfonamides is 1. The molecule has 0 fully saturated rings. The van der Waals surface area contributed by atoms with Crippen LogP contribution in [-0.2, 0) is 23.5 Å². The lowest BCUT2D eigenvalue weighted by Crippen LogP contribution is -2.30. The van der Waals surface area contributed by atoms with E-state index in [-0.39, 0.29) is 10.8 Å². The summed E-state index contributed by atoms with van der Waals surface area (Å²) in [6.45, 7) is 0.466. The zero-order chi connectivity index (χ0) is 20.2. The third kappa shape index (κ3) is 4.61. The number of amides is 1. The summed E-state index contributed by atoms with van der Waals surface area (Å²) in [4.78, 5) is 14.3. The molecule has 27 heavy (non-hydrogen) atoms. The molecule has 2 aromatic rings. The SMILES string of the molecule is CNS(=O)(=O)c1cc(C(=O)N(C)CCc2ccc(OC)c(OC)c2)n(C)c1. The Morgan fingerprint density at radius 3 is 2.44 bits per heavy atom. The minimum absolute atomic E-state index is 0.0594. The average molecular weight is 395 g/mol. The molecule has 1 aromatic heterocycles. The van der Waals surface area contributed by atoms with Crippen molar-refractivity contribution in [2.24, 2.45) is 7.05 Å². The zero-order valence-electron chi connectivity index (χ0n) is 16.1. The van der Waals surface area contributed by atoms with Crippen molar-refractivity contribution in [3.63, 3.8) is 0 Å². The van der Waals surface area contributed by atoms with Gasteiger partial charge in [-0.3, -0.25) is 4.79 Å². The quantitative estimate of drug-likeness (QED) is 0.727. The smallest absolute Gasteiger partial charge is 0.270 e. The maximum Gasteiger partial charge on any atom is 0.270 e. The second kappa shape index (κ2) is 8.45. The number of rotatable bonds is 8. The van der Waals surface area contributed by atoms with Gasteiger partial charge < -0.3 is 18.9 Å². The minimum Gasteiger partial charge on any atom is -0.493 e. The van der Waals surface area contributed by atoms with E-state index >= 15 is 0 Å². The van der Waals surface area contributed by atoms with Crippen molar-refractivity contribution in [3.05, 3.63) is 41.7 Å². The molecule has 0 aliphatic carbocycles. The van der Waals surface area contributed by atoms with E-state index in [0.717, 1.165) is 5.56 Å². The largest absolute Gasteiger partial charge is 0.493 e. The van der Waals surface area contributed by atoms with Gasteiger partial charge in [-0.05, 0) is 37.2 Å². The number of carbonyl (C=O) groups is 1. The van der Waals surface area contributed by atoms with E-state index in [9.17, 15) is 13.2 Å². The summed E-state index contributed by atoms with van der Waals surface area (Å²) in [5.74, 6) is 1.02. The predicted octanol–water partition coefficient (Wildman–Crippen LogP) is 1.27. The summed E-state index contributed by atoms with van der Waals surface area (Å²) in [6.07, 6.45) is 2.04. The van der Waals surface area contributed by atoms with Crippen LogP contribution in [0.4, 0.5) is 0 Å². The molecular weight excluding hydrogens is 370 g/mol. The lowest BCUT2D eigenvalue weighted by molar-refractivity contribution is 0.0787. The number of aromatic nitrogens is 1. The summed E-state index contributed by atoms with van der Waals surface area (Å²) < 4.78 is 38.1. The summed E-state index contributed by atoms with van der Waals surface area (Å²) in [5.41, 5.74) is 1.30. The number of benzene rings is 1. The lowest BCUT2D eigenvalue weighted by Gasteiger charge is -2.18. The van der Waals surface area contributed by atoms with Crippen molar-refractivity contribution in [2.75, 3.05) is 34.9 Å². The van der Waals surface area contributed by atoms with Crippen LogP contribution in [0.2, 0.25) is 0 Å². The number of methoxy groups -OCH3 is 2. The van der Waals surface area contributed by atoms with Crippen molar-refractivity contribution in [1.82, 2.24) is 14.2 Å². The number of nitrogens with zero attached hydrogens (tertiary/aromatic N) is 2. The Hall–Kier alpha value is -2.52. The van der Waals surface area contributed by atoms with E-state index in [0.29, 0.717) is 30.2 Å². The summed E-state index contributed by atoms with van der Waals surface area (Å²) in [5, 5.41) is 0. The monoisotopic (exact) mass is 395 g/mol. The van der Waals surface area contributed by atoms with Gasteiger partial charge in [-0.25, -0.2) is 13.1 Å². The first kappa shape index (κ1) is 20.8. The number of likely N-dealkylation sites (N-methyl/N-ethyl adjacent to an activating group) is 1. The van der Waals surface area contributed by atoms with Gasteiger partial charge in [0.2, 0.25) is 10.0 Å². The number of hydrogen-bond donors (Lipinski definition) is 1. The number of carbonyl (C=O) groups excluding carboxylic acids is 1. The first-order valence-corrected chi connectivity index (χ1v) is 9.78. The number of aryl methyl sites for hydroxylation is 1. The maximum atomic E-state index is 12.7. The predicted molar refractivity (Wildman–Crippen MR) is 102 cm³/mol. The Bertz CT molecular complexity index is 921. The van der Waals surface area contributed by atoms with Crippen molar-refractivity contribution in [3.8, 4) is 11.5 Å². The van der Waals surface area contributed by atoms with Gasteiger partial charge in [0, 0.05) is 26.8 Å². The molecule has 2 rings (SSSR count). The van der Waals surface area contributed by atoms with Crippen LogP contribution in [0, 0.1) is 0 Å². The van der Waals surface area contributed by atoms with E-state index in [4.69, 9.17) is 9.47 Å². The highest BCUT2D eigenvalue weighted by Gasteiger charge is 2.21. The molecule has 148 valence electrons.